The number of carbonyl (C=O) groups is 1. The number of nitrogens with one attached hydrogen (secondary N) is 2. The van der Waals surface area contributed by atoms with Gasteiger partial charge in [-0.3, -0.25) is 4.79 Å². The highest BCUT2D eigenvalue weighted by Crippen LogP contribution is 2.33. The van der Waals surface area contributed by atoms with Crippen LogP contribution in [-0.4, -0.2) is 54.3 Å². The van der Waals surface area contributed by atoms with Gasteiger partial charge in [-0.05, 0) is 70.8 Å². The first-order valence-corrected chi connectivity index (χ1v) is 13.9. The van der Waals surface area contributed by atoms with Crippen LogP contribution in [0.3, 0.4) is 0 Å². The van der Waals surface area contributed by atoms with E-state index in [1.54, 1.807) is 11.8 Å². The lowest BCUT2D eigenvalue weighted by Gasteiger charge is -2.34. The Kier molecular flexibility index (Phi) is 9.85. The number of amides is 1. The molecule has 0 radical (unpaired) electrons. The Bertz CT molecular complexity index is 817. The minimum Gasteiger partial charge on any atom is -0.466 e. The average molecular weight is 493 g/mol. The standard InChI is InChI=1S/C25H40N4O2S2/c1-6-21(25(3,4)5)31-18(2)17-32-22-15-27-24(33-22)28-23(30)20-9-12-29(13-10-20)16-19-8-7-11-26-14-19/h6,15,19-20,26H,2,7-14,16-17H2,1,3-5H3,(H,27,28,30). The molecule has 1 atom stereocenters. The minimum absolute atomic E-state index is 0.0481. The number of ether oxygens (including phenoxy) is 1. The Morgan fingerprint density at radius 3 is 2.79 bits per heavy atom. The van der Waals surface area contributed by atoms with Crippen molar-refractivity contribution in [1.29, 1.82) is 0 Å². The molecule has 33 heavy (non-hydrogen) atoms. The Morgan fingerprint density at radius 2 is 2.15 bits per heavy atom. The number of likely N-dealkylation sites (tertiary alicyclic amines) is 1. The molecule has 6 nitrogen and oxygen atoms in total. The minimum atomic E-state index is -0.0481. The van der Waals surface area contributed by atoms with E-state index in [1.165, 1.54) is 24.2 Å². The van der Waals surface area contributed by atoms with E-state index in [0.29, 0.717) is 10.9 Å². The van der Waals surface area contributed by atoms with E-state index in [2.05, 4.69) is 47.9 Å². The second-order valence-electron chi connectivity index (χ2n) is 10.1. The number of thiazole rings is 1. The van der Waals surface area contributed by atoms with Crippen LogP contribution in [0.1, 0.15) is 53.4 Å². The van der Waals surface area contributed by atoms with Crippen molar-refractivity contribution < 1.29 is 9.53 Å². The van der Waals surface area contributed by atoms with Gasteiger partial charge in [0.05, 0.1) is 16.2 Å². The summed E-state index contributed by atoms with van der Waals surface area (Å²) < 4.78 is 6.99. The third kappa shape index (κ3) is 8.42. The van der Waals surface area contributed by atoms with Crippen LogP contribution in [0.5, 0.6) is 0 Å². The van der Waals surface area contributed by atoms with Crippen molar-refractivity contribution in [2.75, 3.05) is 43.8 Å². The predicted octanol–water partition coefficient (Wildman–Crippen LogP) is 5.37. The molecule has 1 aromatic rings. The van der Waals surface area contributed by atoms with Gasteiger partial charge < -0.3 is 20.3 Å². The van der Waals surface area contributed by atoms with Gasteiger partial charge in [-0.15, -0.1) is 11.8 Å². The Morgan fingerprint density at radius 1 is 1.39 bits per heavy atom. The Labute approximate surface area is 207 Å². The largest absolute Gasteiger partial charge is 0.466 e. The highest BCUT2D eigenvalue weighted by Gasteiger charge is 2.27. The van der Waals surface area contributed by atoms with E-state index in [4.69, 9.17) is 4.74 Å². The van der Waals surface area contributed by atoms with Crippen LogP contribution in [0.25, 0.3) is 0 Å². The molecule has 0 spiro atoms. The van der Waals surface area contributed by atoms with Gasteiger partial charge in [0.2, 0.25) is 5.91 Å². The molecule has 1 amide bonds. The van der Waals surface area contributed by atoms with Crippen LogP contribution in [-0.2, 0) is 9.53 Å². The number of hydrogen-bond donors (Lipinski definition) is 2. The third-order valence-corrected chi connectivity index (χ3v) is 8.39. The first-order valence-electron chi connectivity index (χ1n) is 12.1. The molecule has 0 aromatic carbocycles. The zero-order valence-electron chi connectivity index (χ0n) is 20.6. The molecule has 2 fully saturated rings. The molecule has 3 heterocycles. The first-order chi connectivity index (χ1) is 15.7. The maximum Gasteiger partial charge on any atom is 0.229 e. The fraction of sp³-hybridized carbons (Fsp3) is 0.680. The van der Waals surface area contributed by atoms with Crippen molar-refractivity contribution in [3.05, 3.63) is 30.4 Å². The molecular formula is C25H40N4O2S2. The number of thioether (sulfide) groups is 1. The number of rotatable bonds is 9. The highest BCUT2D eigenvalue weighted by molar-refractivity contribution is 8.01. The lowest BCUT2D eigenvalue weighted by molar-refractivity contribution is -0.121. The summed E-state index contributed by atoms with van der Waals surface area (Å²) in [4.78, 5) is 19.7. The summed E-state index contributed by atoms with van der Waals surface area (Å²) in [5, 5.41) is 7.22. The molecule has 1 aromatic heterocycles. The molecule has 2 aliphatic rings. The summed E-state index contributed by atoms with van der Waals surface area (Å²) >= 11 is 3.15. The topological polar surface area (TPSA) is 66.5 Å². The predicted molar refractivity (Wildman–Crippen MR) is 140 cm³/mol. The van der Waals surface area contributed by atoms with Crippen molar-refractivity contribution in [2.45, 2.75) is 57.6 Å². The van der Waals surface area contributed by atoms with Crippen molar-refractivity contribution in [3.8, 4) is 0 Å². The molecule has 0 aliphatic carbocycles. The first kappa shape index (κ1) is 26.3. The number of nitrogens with zero attached hydrogens (tertiary/aromatic N) is 2. The Hall–Kier alpha value is -1.35. The maximum atomic E-state index is 12.8. The van der Waals surface area contributed by atoms with E-state index in [-0.39, 0.29) is 17.2 Å². The van der Waals surface area contributed by atoms with Gasteiger partial charge in [0.15, 0.2) is 5.13 Å². The SMILES string of the molecule is C=C(CSc1cnc(NC(=O)C2CCN(CC3CCCNC3)CC2)s1)OC(=CC)C(C)(C)C. The number of carbonyl (C=O) groups excluding carboxylic acids is 1. The van der Waals surface area contributed by atoms with E-state index in [9.17, 15) is 4.79 Å². The normalized spacial score (nSPS) is 21.1. The zero-order valence-corrected chi connectivity index (χ0v) is 22.2. The molecule has 2 aliphatic heterocycles. The molecule has 3 rings (SSSR count). The van der Waals surface area contributed by atoms with Crippen LogP contribution in [0.2, 0.25) is 0 Å². The number of hydrogen-bond acceptors (Lipinski definition) is 7. The molecule has 2 saturated heterocycles. The van der Waals surface area contributed by atoms with Crippen LogP contribution in [0.15, 0.2) is 34.6 Å². The van der Waals surface area contributed by atoms with Crippen LogP contribution < -0.4 is 10.6 Å². The Balaban J connectivity index is 1.38. The third-order valence-electron chi connectivity index (χ3n) is 6.22. The summed E-state index contributed by atoms with van der Waals surface area (Å²) in [6.45, 7) is 17.9. The van der Waals surface area contributed by atoms with Gasteiger partial charge in [-0.25, -0.2) is 4.98 Å². The zero-order chi connectivity index (χ0) is 23.8. The van der Waals surface area contributed by atoms with E-state index >= 15 is 0 Å². The van der Waals surface area contributed by atoms with E-state index in [1.807, 2.05) is 19.2 Å². The van der Waals surface area contributed by atoms with Gasteiger partial charge in [0, 0.05) is 17.9 Å². The molecule has 0 saturated carbocycles. The van der Waals surface area contributed by atoms with Gasteiger partial charge in [-0.1, -0.05) is 38.7 Å². The highest BCUT2D eigenvalue weighted by atomic mass is 32.2. The monoisotopic (exact) mass is 492 g/mol. The van der Waals surface area contributed by atoms with Crippen molar-refractivity contribution in [1.82, 2.24) is 15.2 Å². The molecular weight excluding hydrogens is 452 g/mol. The second kappa shape index (κ2) is 12.4. The molecule has 184 valence electrons. The average Bonchev–Trinajstić information content (AvgIpc) is 3.23. The summed E-state index contributed by atoms with van der Waals surface area (Å²) in [5.41, 5.74) is -0.0481. The van der Waals surface area contributed by atoms with Crippen LogP contribution >= 0.6 is 23.1 Å². The number of piperidine rings is 2. The van der Waals surface area contributed by atoms with Crippen LogP contribution in [0, 0.1) is 17.3 Å². The van der Waals surface area contributed by atoms with Crippen molar-refractivity contribution in [2.24, 2.45) is 17.3 Å². The fourth-order valence-electron chi connectivity index (χ4n) is 4.40. The van der Waals surface area contributed by atoms with Crippen molar-refractivity contribution in [3.63, 3.8) is 0 Å². The van der Waals surface area contributed by atoms with E-state index in [0.717, 1.165) is 67.2 Å². The maximum absolute atomic E-state index is 12.8. The smallest absolute Gasteiger partial charge is 0.229 e. The van der Waals surface area contributed by atoms with Gasteiger partial charge in [-0.2, -0.15) is 0 Å². The summed E-state index contributed by atoms with van der Waals surface area (Å²) in [7, 11) is 0. The fourth-order valence-corrected chi connectivity index (χ4v) is 6.09. The van der Waals surface area contributed by atoms with E-state index < -0.39 is 0 Å². The van der Waals surface area contributed by atoms with Crippen molar-refractivity contribution >= 4 is 34.1 Å². The summed E-state index contributed by atoms with van der Waals surface area (Å²) in [6, 6.07) is 0. The molecule has 8 heteroatoms. The molecule has 1 unspecified atom stereocenters. The van der Waals surface area contributed by atoms with Gasteiger partial charge in [0.1, 0.15) is 11.5 Å². The number of allylic oxidation sites excluding steroid dienone is 2. The molecule has 2 N–H and O–H groups in total. The molecule has 0 bridgehead atoms. The van der Waals surface area contributed by atoms with Gasteiger partial charge in [0.25, 0.3) is 0 Å². The van der Waals surface area contributed by atoms with Crippen LogP contribution in [0.4, 0.5) is 5.13 Å². The van der Waals surface area contributed by atoms with Gasteiger partial charge >= 0.3 is 0 Å². The quantitative estimate of drug-likeness (QED) is 0.357. The summed E-state index contributed by atoms with van der Waals surface area (Å²) in [5.74, 6) is 3.24. The number of anilines is 1. The number of aromatic nitrogens is 1. The lowest BCUT2D eigenvalue weighted by atomic mass is 9.93. The second-order valence-corrected chi connectivity index (χ2v) is 12.4. The lowest BCUT2D eigenvalue weighted by Crippen LogP contribution is -2.43. The summed E-state index contributed by atoms with van der Waals surface area (Å²) in [6.07, 6.45) is 8.28.